The van der Waals surface area contributed by atoms with Crippen LogP contribution in [0.4, 0.5) is 8.78 Å². The molecule has 1 aromatic carbocycles. The van der Waals surface area contributed by atoms with Gasteiger partial charge in [0.05, 0.1) is 11.1 Å². The smallest absolute Gasteiger partial charge is 0.336 e. The van der Waals surface area contributed by atoms with Crippen LogP contribution in [-0.4, -0.2) is 23.0 Å². The van der Waals surface area contributed by atoms with E-state index >= 15 is 0 Å². The predicted molar refractivity (Wildman–Crippen MR) is 69.7 cm³/mol. The minimum atomic E-state index is -1.48. The maximum absolute atomic E-state index is 13.2. The summed E-state index contributed by atoms with van der Waals surface area (Å²) in [6.45, 7) is 5.67. The van der Waals surface area contributed by atoms with Crippen molar-refractivity contribution < 1.29 is 23.5 Å². The van der Waals surface area contributed by atoms with Gasteiger partial charge in [0.2, 0.25) is 0 Å². The van der Waals surface area contributed by atoms with Crippen molar-refractivity contribution in [2.45, 2.75) is 33.2 Å². The summed E-state index contributed by atoms with van der Waals surface area (Å²) < 4.78 is 26.3. The summed E-state index contributed by atoms with van der Waals surface area (Å²) in [5.74, 6) is -4.61. The van der Waals surface area contributed by atoms with Crippen molar-refractivity contribution in [3.05, 3.63) is 34.9 Å². The van der Waals surface area contributed by atoms with Crippen LogP contribution >= 0.6 is 0 Å². The number of carbonyl (C=O) groups is 2. The molecule has 20 heavy (non-hydrogen) atoms. The molecule has 0 aliphatic heterocycles. The summed E-state index contributed by atoms with van der Waals surface area (Å²) in [6, 6.07) is 0.960. The van der Waals surface area contributed by atoms with Crippen LogP contribution in [0, 0.1) is 17.6 Å². The molecule has 0 radical (unpaired) electrons. The van der Waals surface area contributed by atoms with Gasteiger partial charge in [0.25, 0.3) is 5.91 Å². The fourth-order valence-electron chi connectivity index (χ4n) is 1.90. The van der Waals surface area contributed by atoms with Gasteiger partial charge in [0, 0.05) is 6.04 Å². The lowest BCUT2D eigenvalue weighted by Gasteiger charge is -2.21. The Morgan fingerprint density at radius 3 is 2.10 bits per heavy atom. The first-order valence-electron chi connectivity index (χ1n) is 6.31. The van der Waals surface area contributed by atoms with E-state index in [9.17, 15) is 18.4 Å². The molecule has 1 amide bonds. The van der Waals surface area contributed by atoms with Crippen molar-refractivity contribution in [3.8, 4) is 0 Å². The molecule has 2 N–H and O–H groups in total. The molecule has 110 valence electrons. The zero-order valence-corrected chi connectivity index (χ0v) is 11.5. The molecule has 0 bridgehead atoms. The maximum atomic E-state index is 13.2. The number of carbonyl (C=O) groups excluding carboxylic acids is 1. The summed E-state index contributed by atoms with van der Waals surface area (Å²) in [5.41, 5.74) is -0.935. The van der Waals surface area contributed by atoms with Gasteiger partial charge in [-0.1, -0.05) is 20.8 Å². The number of carboxylic acids is 1. The Labute approximate surface area is 115 Å². The summed E-state index contributed by atoms with van der Waals surface area (Å²) in [4.78, 5) is 23.1. The first kappa shape index (κ1) is 16.1. The molecule has 0 fully saturated rings. The van der Waals surface area contributed by atoms with Gasteiger partial charge in [-0.2, -0.15) is 0 Å². The molecule has 0 aromatic heterocycles. The van der Waals surface area contributed by atoms with Crippen molar-refractivity contribution in [1.29, 1.82) is 0 Å². The molecule has 0 aliphatic carbocycles. The minimum absolute atomic E-state index is 0.141. The number of benzene rings is 1. The van der Waals surface area contributed by atoms with E-state index in [1.54, 1.807) is 0 Å². The van der Waals surface area contributed by atoms with Gasteiger partial charge in [-0.25, -0.2) is 13.6 Å². The molecule has 0 saturated heterocycles. The van der Waals surface area contributed by atoms with Crippen molar-refractivity contribution in [3.63, 3.8) is 0 Å². The van der Waals surface area contributed by atoms with Crippen molar-refractivity contribution in [1.82, 2.24) is 5.32 Å². The predicted octanol–water partition coefficient (Wildman–Crippen LogP) is 2.83. The van der Waals surface area contributed by atoms with Gasteiger partial charge >= 0.3 is 5.97 Å². The number of nitrogens with one attached hydrogen (secondary N) is 1. The van der Waals surface area contributed by atoms with Crippen LogP contribution in [-0.2, 0) is 0 Å². The molecule has 1 atom stereocenters. The SMILES string of the molecule is CCC(NC(=O)c1cc(F)c(F)cc1C(=O)O)C(C)C. The minimum Gasteiger partial charge on any atom is -0.478 e. The Bertz CT molecular complexity index is 529. The third-order valence-electron chi connectivity index (χ3n) is 3.10. The van der Waals surface area contributed by atoms with Crippen molar-refractivity contribution in [2.24, 2.45) is 5.92 Å². The number of hydrogen-bond donors (Lipinski definition) is 2. The molecule has 0 saturated carbocycles. The van der Waals surface area contributed by atoms with E-state index in [2.05, 4.69) is 5.32 Å². The van der Waals surface area contributed by atoms with E-state index in [1.165, 1.54) is 0 Å². The van der Waals surface area contributed by atoms with E-state index in [1.807, 2.05) is 20.8 Å². The molecule has 1 rings (SSSR count). The molecule has 4 nitrogen and oxygen atoms in total. The van der Waals surface area contributed by atoms with Crippen LogP contribution in [0.1, 0.15) is 47.9 Å². The number of rotatable bonds is 5. The average molecular weight is 285 g/mol. The van der Waals surface area contributed by atoms with E-state index in [0.717, 1.165) is 0 Å². The Kier molecular flexibility index (Phi) is 5.19. The summed E-state index contributed by atoms with van der Waals surface area (Å²) >= 11 is 0. The van der Waals surface area contributed by atoms with Gasteiger partial charge < -0.3 is 10.4 Å². The molecule has 0 spiro atoms. The van der Waals surface area contributed by atoms with Gasteiger partial charge in [-0.05, 0) is 24.5 Å². The Hall–Kier alpha value is -1.98. The van der Waals surface area contributed by atoms with Gasteiger partial charge in [-0.15, -0.1) is 0 Å². The monoisotopic (exact) mass is 285 g/mol. The van der Waals surface area contributed by atoms with Gasteiger partial charge in [-0.3, -0.25) is 4.79 Å². The first-order chi connectivity index (χ1) is 9.27. The normalized spacial score (nSPS) is 12.3. The fraction of sp³-hybridized carbons (Fsp3) is 0.429. The van der Waals surface area contributed by atoms with E-state index in [-0.39, 0.29) is 17.5 Å². The third kappa shape index (κ3) is 3.53. The number of halogens is 2. The van der Waals surface area contributed by atoms with Crippen LogP contribution in [0.3, 0.4) is 0 Å². The Balaban J connectivity index is 3.15. The zero-order valence-electron chi connectivity index (χ0n) is 11.5. The van der Waals surface area contributed by atoms with E-state index in [0.29, 0.717) is 18.6 Å². The lowest BCUT2D eigenvalue weighted by Crippen LogP contribution is -2.38. The zero-order chi connectivity index (χ0) is 15.4. The summed E-state index contributed by atoms with van der Waals surface area (Å²) in [6.07, 6.45) is 0.648. The maximum Gasteiger partial charge on any atom is 0.336 e. The highest BCUT2D eigenvalue weighted by atomic mass is 19.2. The molecular weight excluding hydrogens is 268 g/mol. The second-order valence-electron chi connectivity index (χ2n) is 4.85. The first-order valence-corrected chi connectivity index (χ1v) is 6.31. The highest BCUT2D eigenvalue weighted by Crippen LogP contribution is 2.16. The summed E-state index contributed by atoms with van der Waals surface area (Å²) in [5, 5.41) is 11.6. The quantitative estimate of drug-likeness (QED) is 0.874. The van der Waals surface area contributed by atoms with Crippen LogP contribution in [0.25, 0.3) is 0 Å². The van der Waals surface area contributed by atoms with Crippen molar-refractivity contribution >= 4 is 11.9 Å². The van der Waals surface area contributed by atoms with Gasteiger partial charge in [0.15, 0.2) is 11.6 Å². The lowest BCUT2D eigenvalue weighted by molar-refractivity contribution is 0.0689. The topological polar surface area (TPSA) is 66.4 Å². The molecule has 0 aliphatic rings. The van der Waals surface area contributed by atoms with Gasteiger partial charge in [0.1, 0.15) is 0 Å². The molecule has 1 aromatic rings. The fourth-order valence-corrected chi connectivity index (χ4v) is 1.90. The molecule has 0 heterocycles. The largest absolute Gasteiger partial charge is 0.478 e. The standard InChI is InChI=1S/C14H17F2NO3/c1-4-12(7(2)3)17-13(18)8-5-10(15)11(16)6-9(8)14(19)20/h5-7,12H,4H2,1-3H3,(H,17,18)(H,19,20). The lowest BCUT2D eigenvalue weighted by atomic mass is 10.00. The number of aromatic carboxylic acids is 1. The number of hydrogen-bond acceptors (Lipinski definition) is 2. The number of carboxylic acid groups (broad SMARTS) is 1. The van der Waals surface area contributed by atoms with Crippen LogP contribution in [0.2, 0.25) is 0 Å². The van der Waals surface area contributed by atoms with Crippen molar-refractivity contribution in [2.75, 3.05) is 0 Å². The van der Waals surface area contributed by atoms with E-state index < -0.39 is 29.1 Å². The van der Waals surface area contributed by atoms with Crippen LogP contribution < -0.4 is 5.32 Å². The van der Waals surface area contributed by atoms with Crippen LogP contribution in [0.5, 0.6) is 0 Å². The highest BCUT2D eigenvalue weighted by Gasteiger charge is 2.22. The number of amides is 1. The average Bonchev–Trinajstić information content (AvgIpc) is 2.37. The molecular formula is C14H17F2NO3. The van der Waals surface area contributed by atoms with E-state index in [4.69, 9.17) is 5.11 Å². The second kappa shape index (κ2) is 6.45. The third-order valence-corrected chi connectivity index (χ3v) is 3.10. The Morgan fingerprint density at radius 2 is 1.70 bits per heavy atom. The molecule has 6 heteroatoms. The summed E-state index contributed by atoms with van der Waals surface area (Å²) in [7, 11) is 0. The second-order valence-corrected chi connectivity index (χ2v) is 4.85. The van der Waals surface area contributed by atoms with Crippen LogP contribution in [0.15, 0.2) is 12.1 Å². The highest BCUT2D eigenvalue weighted by molar-refractivity contribution is 6.04. The molecule has 1 unspecified atom stereocenters. The Morgan fingerprint density at radius 1 is 1.20 bits per heavy atom.